The first-order valence-corrected chi connectivity index (χ1v) is 4.69. The Kier molecular flexibility index (Phi) is 3.19. The Balaban J connectivity index is 2.59. The molecule has 4 heteroatoms. The van der Waals surface area contributed by atoms with Crippen molar-refractivity contribution in [2.45, 2.75) is 4.46 Å². The van der Waals surface area contributed by atoms with E-state index >= 15 is 0 Å². The number of hydrogen-bond acceptors (Lipinski definition) is 1. The summed E-state index contributed by atoms with van der Waals surface area (Å²) in [6, 6.07) is 3.83. The Bertz CT molecular complexity index is 190. The largest absolute Gasteiger partial charge is 0.265 e. The Morgan fingerprint density at radius 3 is 2.40 bits per heavy atom. The SMILES string of the molecule is ClC(Cl)[Si]c1ccncc1. The molecule has 0 aliphatic carbocycles. The van der Waals surface area contributed by atoms with Gasteiger partial charge in [0.2, 0.25) is 0 Å². The molecular weight excluding hydrogens is 185 g/mol. The predicted molar refractivity (Wildman–Crippen MR) is 45.1 cm³/mol. The van der Waals surface area contributed by atoms with Gasteiger partial charge in [0, 0.05) is 12.4 Å². The molecule has 0 aromatic carbocycles. The summed E-state index contributed by atoms with van der Waals surface area (Å²) in [6.07, 6.45) is 3.47. The van der Waals surface area contributed by atoms with Gasteiger partial charge >= 0.3 is 0 Å². The number of pyridine rings is 1. The van der Waals surface area contributed by atoms with Crippen LogP contribution in [-0.2, 0) is 0 Å². The second-order valence-electron chi connectivity index (χ2n) is 1.68. The summed E-state index contributed by atoms with van der Waals surface area (Å²) in [5.74, 6) is 0. The highest BCUT2D eigenvalue weighted by atomic mass is 35.5. The highest BCUT2D eigenvalue weighted by Gasteiger charge is 2.01. The van der Waals surface area contributed by atoms with E-state index in [-0.39, 0.29) is 4.46 Å². The summed E-state index contributed by atoms with van der Waals surface area (Å²) in [5, 5.41) is 1.14. The van der Waals surface area contributed by atoms with Crippen LogP contribution in [0.15, 0.2) is 24.5 Å². The van der Waals surface area contributed by atoms with Crippen LogP contribution < -0.4 is 5.19 Å². The predicted octanol–water partition coefficient (Wildman–Crippen LogP) is 1.17. The molecule has 0 bridgehead atoms. The fourth-order valence-corrected chi connectivity index (χ4v) is 1.92. The molecule has 0 fully saturated rings. The molecule has 0 aliphatic heterocycles. The summed E-state index contributed by atoms with van der Waals surface area (Å²) in [7, 11) is 0.452. The van der Waals surface area contributed by atoms with Gasteiger partial charge in [-0.3, -0.25) is 4.98 Å². The van der Waals surface area contributed by atoms with Gasteiger partial charge in [-0.15, -0.1) is 23.2 Å². The molecule has 1 aromatic rings. The van der Waals surface area contributed by atoms with E-state index in [0.29, 0.717) is 9.52 Å². The smallest absolute Gasteiger partial charge is 0.124 e. The monoisotopic (exact) mass is 189 g/mol. The molecule has 0 spiro atoms. The van der Waals surface area contributed by atoms with Gasteiger partial charge in [0.25, 0.3) is 0 Å². The number of alkyl halides is 2. The summed E-state index contributed by atoms with van der Waals surface area (Å²) in [6.45, 7) is 0. The topological polar surface area (TPSA) is 12.9 Å². The lowest BCUT2D eigenvalue weighted by atomic mass is 10.5. The third-order valence-electron chi connectivity index (χ3n) is 0.956. The summed E-state index contributed by atoms with van der Waals surface area (Å²) < 4.78 is -0.289. The third kappa shape index (κ3) is 2.69. The average Bonchev–Trinajstić information content (AvgIpc) is 1.88. The van der Waals surface area contributed by atoms with E-state index in [1.54, 1.807) is 12.4 Å². The molecule has 0 N–H and O–H groups in total. The maximum atomic E-state index is 5.57. The number of rotatable bonds is 2. The normalized spacial score (nSPS) is 10.3. The van der Waals surface area contributed by atoms with Crippen LogP contribution in [0.1, 0.15) is 0 Å². The molecule has 0 saturated heterocycles. The maximum Gasteiger partial charge on any atom is 0.124 e. The summed E-state index contributed by atoms with van der Waals surface area (Å²) >= 11 is 11.1. The fraction of sp³-hybridized carbons (Fsp3) is 0.167. The van der Waals surface area contributed by atoms with Crippen LogP contribution in [-0.4, -0.2) is 19.0 Å². The zero-order valence-corrected chi connectivity index (χ0v) is 7.60. The van der Waals surface area contributed by atoms with Crippen molar-refractivity contribution in [3.8, 4) is 0 Å². The van der Waals surface area contributed by atoms with Gasteiger partial charge in [-0.2, -0.15) is 0 Å². The first-order chi connectivity index (χ1) is 4.79. The van der Waals surface area contributed by atoms with Crippen molar-refractivity contribution in [3.63, 3.8) is 0 Å². The molecule has 1 aromatic heterocycles. The zero-order chi connectivity index (χ0) is 7.40. The molecule has 0 amide bonds. The van der Waals surface area contributed by atoms with Crippen LogP contribution in [0.5, 0.6) is 0 Å². The zero-order valence-electron chi connectivity index (χ0n) is 5.09. The molecule has 2 radical (unpaired) electrons. The van der Waals surface area contributed by atoms with Crippen molar-refractivity contribution in [2.24, 2.45) is 0 Å². The van der Waals surface area contributed by atoms with E-state index in [2.05, 4.69) is 4.98 Å². The van der Waals surface area contributed by atoms with E-state index in [1.807, 2.05) is 12.1 Å². The highest BCUT2D eigenvalue weighted by Crippen LogP contribution is 1.97. The van der Waals surface area contributed by atoms with Crippen LogP contribution in [0, 0.1) is 0 Å². The maximum absolute atomic E-state index is 5.57. The van der Waals surface area contributed by atoms with Gasteiger partial charge < -0.3 is 0 Å². The lowest BCUT2D eigenvalue weighted by Gasteiger charge is -1.96. The lowest BCUT2D eigenvalue weighted by molar-refractivity contribution is 1.34. The van der Waals surface area contributed by atoms with Crippen molar-refractivity contribution < 1.29 is 0 Å². The van der Waals surface area contributed by atoms with Gasteiger partial charge in [-0.25, -0.2) is 0 Å². The molecule has 1 rings (SSSR count). The number of halogens is 2. The van der Waals surface area contributed by atoms with E-state index in [9.17, 15) is 0 Å². The average molecular weight is 190 g/mol. The van der Waals surface area contributed by atoms with Crippen LogP contribution in [0.2, 0.25) is 0 Å². The van der Waals surface area contributed by atoms with Gasteiger partial charge in [0.15, 0.2) is 0 Å². The van der Waals surface area contributed by atoms with Crippen molar-refractivity contribution in [1.82, 2.24) is 4.98 Å². The molecule has 0 unspecified atom stereocenters. The minimum absolute atomic E-state index is 0.289. The number of aromatic nitrogens is 1. The Morgan fingerprint density at radius 2 is 1.90 bits per heavy atom. The molecule has 0 saturated carbocycles. The summed E-state index contributed by atoms with van der Waals surface area (Å²) in [4.78, 5) is 3.87. The molecule has 52 valence electrons. The van der Waals surface area contributed by atoms with Crippen molar-refractivity contribution in [2.75, 3.05) is 0 Å². The minimum Gasteiger partial charge on any atom is -0.265 e. The van der Waals surface area contributed by atoms with E-state index in [1.165, 1.54) is 0 Å². The third-order valence-corrected chi connectivity index (χ3v) is 2.50. The molecule has 1 heterocycles. The van der Waals surface area contributed by atoms with Crippen LogP contribution >= 0.6 is 23.2 Å². The van der Waals surface area contributed by atoms with Gasteiger partial charge in [0.05, 0.1) is 4.46 Å². The Labute approximate surface area is 72.2 Å². The first kappa shape index (κ1) is 8.05. The second-order valence-corrected chi connectivity index (χ2v) is 4.95. The summed E-state index contributed by atoms with van der Waals surface area (Å²) in [5.41, 5.74) is 0. The molecule has 1 nitrogen and oxygen atoms in total. The molecular formula is C6H5Cl2NSi. The standard InChI is InChI=1S/C6H5Cl2NSi/c7-6(8)10-5-1-3-9-4-2-5/h1-4,6H. The molecule has 0 aliphatic rings. The van der Waals surface area contributed by atoms with E-state index in [0.717, 1.165) is 5.19 Å². The van der Waals surface area contributed by atoms with Crippen LogP contribution in [0.4, 0.5) is 0 Å². The first-order valence-electron chi connectivity index (χ1n) is 2.74. The Hall–Kier alpha value is -0.0531. The second kappa shape index (κ2) is 3.96. The molecule has 10 heavy (non-hydrogen) atoms. The molecule has 0 atom stereocenters. The van der Waals surface area contributed by atoms with Crippen LogP contribution in [0.25, 0.3) is 0 Å². The van der Waals surface area contributed by atoms with Gasteiger partial charge in [-0.1, -0.05) is 5.19 Å². The van der Waals surface area contributed by atoms with Gasteiger partial charge in [-0.05, 0) is 12.1 Å². The van der Waals surface area contributed by atoms with Crippen molar-refractivity contribution in [1.29, 1.82) is 0 Å². The van der Waals surface area contributed by atoms with Crippen molar-refractivity contribution >= 4 is 37.9 Å². The Morgan fingerprint density at radius 1 is 1.30 bits per heavy atom. The number of nitrogens with zero attached hydrogens (tertiary/aromatic N) is 1. The quantitative estimate of drug-likeness (QED) is 0.504. The number of hydrogen-bond donors (Lipinski definition) is 0. The van der Waals surface area contributed by atoms with E-state index < -0.39 is 0 Å². The lowest BCUT2D eigenvalue weighted by Crippen LogP contribution is -2.19. The fourth-order valence-electron chi connectivity index (χ4n) is 0.574. The van der Waals surface area contributed by atoms with Crippen LogP contribution in [0.3, 0.4) is 0 Å². The van der Waals surface area contributed by atoms with Crippen molar-refractivity contribution in [3.05, 3.63) is 24.5 Å². The van der Waals surface area contributed by atoms with Gasteiger partial charge in [0.1, 0.15) is 9.52 Å². The highest BCUT2D eigenvalue weighted by molar-refractivity contribution is 6.75. The van der Waals surface area contributed by atoms with E-state index in [4.69, 9.17) is 23.2 Å². The minimum atomic E-state index is -0.289.